The van der Waals surface area contributed by atoms with Gasteiger partial charge in [-0.2, -0.15) is 0 Å². The standard InChI is InChI=1S/C40H59N5O2S.C2H4O.C2H6/c1-7-24-41-38(29-42-30(3)39(46)43-34-20-14-10-15-21-34)37(27-32-18-12-9-13-19-32)44-40(47)33-25-31(8-2)26-36(28-33)45(48(4,5)6)35-22-16-11-17-23-35;1-2-3;1-2/h9,12-13,16,18-19,22-23,25-26,28,30,34,37-38,41-42H,4-5,7-8,10-11,14-15,17,20-21,24,27,29H2,1-3,6H3,(H,43,46)(H,44,47);2H,1H3;1-2H3. The van der Waals surface area contributed by atoms with Crippen LogP contribution in [0.15, 0.2) is 72.5 Å². The van der Waals surface area contributed by atoms with Gasteiger partial charge < -0.3 is 26.1 Å². The van der Waals surface area contributed by atoms with Crippen molar-refractivity contribution in [3.8, 4) is 0 Å². The van der Waals surface area contributed by atoms with E-state index in [1.165, 1.54) is 26.2 Å². The highest BCUT2D eigenvalue weighted by Crippen LogP contribution is 2.37. The Hall–Kier alpha value is -3.66. The first-order chi connectivity index (χ1) is 25.5. The molecule has 1 fully saturated rings. The molecule has 0 radical (unpaired) electrons. The first kappa shape index (κ1) is 45.5. The summed E-state index contributed by atoms with van der Waals surface area (Å²) in [5, 5.41) is 13.9. The van der Waals surface area contributed by atoms with Crippen molar-refractivity contribution in [2.45, 2.75) is 130 Å². The summed E-state index contributed by atoms with van der Waals surface area (Å²) in [6.07, 6.45) is 19.5. The maximum absolute atomic E-state index is 14.3. The van der Waals surface area contributed by atoms with Gasteiger partial charge in [-0.15, -0.1) is 9.39 Å². The van der Waals surface area contributed by atoms with E-state index < -0.39 is 9.39 Å². The number of carbonyl (C=O) groups excluding carboxylic acids is 3. The molecule has 2 aromatic carbocycles. The molecular formula is C44H69N5O3S. The van der Waals surface area contributed by atoms with Crippen LogP contribution in [0.5, 0.6) is 0 Å². The van der Waals surface area contributed by atoms with Crippen LogP contribution in [0.3, 0.4) is 0 Å². The van der Waals surface area contributed by atoms with E-state index in [9.17, 15) is 9.59 Å². The lowest BCUT2D eigenvalue weighted by molar-refractivity contribution is -0.123. The minimum atomic E-state index is -1.67. The number of nitrogens with one attached hydrogen (secondary N) is 4. The molecule has 0 spiro atoms. The van der Waals surface area contributed by atoms with Crippen LogP contribution >= 0.6 is 9.39 Å². The third-order valence-electron chi connectivity index (χ3n) is 9.28. The molecule has 294 valence electrons. The Balaban J connectivity index is 0.00000185. The van der Waals surface area contributed by atoms with Gasteiger partial charge in [-0.3, -0.25) is 13.9 Å². The van der Waals surface area contributed by atoms with Crippen molar-refractivity contribution in [1.29, 1.82) is 0 Å². The van der Waals surface area contributed by atoms with E-state index >= 15 is 0 Å². The second-order valence-corrected chi connectivity index (χ2v) is 16.7. The van der Waals surface area contributed by atoms with Crippen molar-refractivity contribution in [2.75, 3.05) is 23.7 Å². The van der Waals surface area contributed by atoms with Gasteiger partial charge in [-0.25, -0.2) is 0 Å². The first-order valence-corrected chi connectivity index (χ1v) is 22.1. The van der Waals surface area contributed by atoms with Crippen LogP contribution in [0.25, 0.3) is 0 Å². The van der Waals surface area contributed by atoms with Gasteiger partial charge in [0.2, 0.25) is 5.91 Å². The molecule has 4 N–H and O–H groups in total. The molecule has 0 aliphatic heterocycles. The molecule has 0 saturated heterocycles. The lowest BCUT2D eigenvalue weighted by atomic mass is 9.95. The normalized spacial score (nSPS) is 15.9. The van der Waals surface area contributed by atoms with Gasteiger partial charge in [0.25, 0.3) is 5.91 Å². The summed E-state index contributed by atoms with van der Waals surface area (Å²) in [5.74, 6) is 8.84. The molecule has 2 amide bonds. The SMILES string of the molecule is C=S(=C)(C)N(C1=CCCC=C1)c1cc(CC)cc(C(=O)NC(Cc2ccccc2)C(CNC(C)C(=O)NC2CCCCC2)NCCC)c1.CC.CC=O. The highest BCUT2D eigenvalue weighted by Gasteiger charge is 2.27. The highest BCUT2D eigenvalue weighted by atomic mass is 32.2. The van der Waals surface area contributed by atoms with Crippen molar-refractivity contribution in [1.82, 2.24) is 21.3 Å². The molecule has 0 heterocycles. The zero-order chi connectivity index (χ0) is 39.2. The van der Waals surface area contributed by atoms with Crippen molar-refractivity contribution < 1.29 is 14.4 Å². The largest absolute Gasteiger partial charge is 0.352 e. The summed E-state index contributed by atoms with van der Waals surface area (Å²) < 4.78 is 2.22. The van der Waals surface area contributed by atoms with Gasteiger partial charge in [0, 0.05) is 35.9 Å². The number of allylic oxidation sites excluding steroid dienone is 3. The number of benzene rings is 2. The molecule has 2 aliphatic carbocycles. The number of hydrogen-bond acceptors (Lipinski definition) is 6. The summed E-state index contributed by atoms with van der Waals surface area (Å²) in [6.45, 7) is 13.0. The number of rotatable bonds is 17. The molecule has 2 aromatic rings. The topological polar surface area (TPSA) is 103 Å². The van der Waals surface area contributed by atoms with E-state index in [0.29, 0.717) is 18.5 Å². The van der Waals surface area contributed by atoms with Crippen molar-refractivity contribution in [3.05, 3.63) is 89.1 Å². The van der Waals surface area contributed by atoms with E-state index in [0.717, 1.165) is 73.9 Å². The molecule has 3 atom stereocenters. The highest BCUT2D eigenvalue weighted by molar-refractivity contribution is 8.28. The van der Waals surface area contributed by atoms with Gasteiger partial charge >= 0.3 is 0 Å². The number of amides is 2. The van der Waals surface area contributed by atoms with Crippen molar-refractivity contribution >= 4 is 44.9 Å². The maximum Gasteiger partial charge on any atom is 0.251 e. The van der Waals surface area contributed by atoms with Gasteiger partial charge in [0.15, 0.2) is 0 Å². The Morgan fingerprint density at radius 2 is 1.64 bits per heavy atom. The summed E-state index contributed by atoms with van der Waals surface area (Å²) in [6, 6.07) is 16.1. The molecule has 9 heteroatoms. The number of aryl methyl sites for hydroxylation is 1. The average Bonchev–Trinajstić information content (AvgIpc) is 3.16. The zero-order valence-corrected chi connectivity index (χ0v) is 34.5. The fourth-order valence-electron chi connectivity index (χ4n) is 6.60. The zero-order valence-electron chi connectivity index (χ0n) is 33.7. The summed E-state index contributed by atoms with van der Waals surface area (Å²) in [4.78, 5) is 36.2. The number of anilines is 1. The van der Waals surface area contributed by atoms with Crippen LogP contribution in [-0.2, 0) is 22.4 Å². The van der Waals surface area contributed by atoms with Gasteiger partial charge in [0.05, 0.1) is 11.7 Å². The molecule has 4 rings (SSSR count). The van der Waals surface area contributed by atoms with E-state index in [4.69, 9.17) is 4.79 Å². The minimum Gasteiger partial charge on any atom is -0.352 e. The van der Waals surface area contributed by atoms with Gasteiger partial charge in [-0.1, -0.05) is 101 Å². The van der Waals surface area contributed by atoms with Crippen LogP contribution < -0.4 is 25.6 Å². The summed E-state index contributed by atoms with van der Waals surface area (Å²) in [7, 11) is -1.67. The van der Waals surface area contributed by atoms with Gasteiger partial charge in [0.1, 0.15) is 6.29 Å². The Labute approximate surface area is 322 Å². The fourth-order valence-corrected chi connectivity index (χ4v) is 7.86. The molecule has 0 bridgehead atoms. The molecule has 1 saturated carbocycles. The predicted octanol–water partition coefficient (Wildman–Crippen LogP) is 7.87. The predicted molar refractivity (Wildman–Crippen MR) is 232 cm³/mol. The van der Waals surface area contributed by atoms with Crippen LogP contribution in [0.4, 0.5) is 5.69 Å². The van der Waals surface area contributed by atoms with E-state index in [1.807, 2.05) is 51.1 Å². The third kappa shape index (κ3) is 15.7. The Morgan fingerprint density at radius 1 is 0.962 bits per heavy atom. The third-order valence-corrected chi connectivity index (χ3v) is 10.6. The number of aldehydes is 1. The Kier molecular flexibility index (Phi) is 21.1. The number of carbonyl (C=O) groups is 3. The molecule has 53 heavy (non-hydrogen) atoms. The van der Waals surface area contributed by atoms with Crippen molar-refractivity contribution in [2.24, 2.45) is 0 Å². The van der Waals surface area contributed by atoms with E-state index in [2.05, 4.69) is 93.8 Å². The van der Waals surface area contributed by atoms with Gasteiger partial charge in [-0.05, 0) is 107 Å². The van der Waals surface area contributed by atoms with Crippen LogP contribution in [0.2, 0.25) is 0 Å². The number of hydrogen-bond donors (Lipinski definition) is 4. The smallest absolute Gasteiger partial charge is 0.251 e. The molecule has 2 aliphatic rings. The lowest BCUT2D eigenvalue weighted by Gasteiger charge is -2.33. The van der Waals surface area contributed by atoms with Crippen molar-refractivity contribution in [3.63, 3.8) is 0 Å². The molecular weight excluding hydrogens is 679 g/mol. The molecule has 3 unspecified atom stereocenters. The Morgan fingerprint density at radius 3 is 2.23 bits per heavy atom. The minimum absolute atomic E-state index is 0.0427. The molecule has 8 nitrogen and oxygen atoms in total. The summed E-state index contributed by atoms with van der Waals surface area (Å²) in [5.41, 5.74) is 4.89. The van der Waals surface area contributed by atoms with E-state index in [1.54, 1.807) is 0 Å². The van der Waals surface area contributed by atoms with Crippen LogP contribution in [0, 0.1) is 0 Å². The monoisotopic (exact) mass is 748 g/mol. The van der Waals surface area contributed by atoms with Crippen LogP contribution in [-0.4, -0.2) is 73.4 Å². The average molecular weight is 748 g/mol. The quantitative estimate of drug-likeness (QED) is 0.0971. The maximum atomic E-state index is 14.3. The van der Waals surface area contributed by atoms with Crippen LogP contribution in [0.1, 0.15) is 114 Å². The lowest BCUT2D eigenvalue weighted by Crippen LogP contribution is -2.57. The fraction of sp³-hybridized carbons (Fsp3) is 0.523. The molecule has 0 aromatic heterocycles. The second kappa shape index (κ2) is 24.6. The number of nitrogens with zero attached hydrogens (tertiary/aromatic N) is 1. The Bertz CT molecular complexity index is 1560. The van der Waals surface area contributed by atoms with E-state index in [-0.39, 0.29) is 36.0 Å². The first-order valence-electron chi connectivity index (χ1n) is 19.8. The second-order valence-electron chi connectivity index (χ2n) is 13.9. The summed E-state index contributed by atoms with van der Waals surface area (Å²) >= 11 is 0.